The first-order valence-electron chi connectivity index (χ1n) is 5.61. The topological polar surface area (TPSA) is 21.3 Å². The molecule has 0 amide bonds. The molecule has 0 aromatic heterocycles. The van der Waals surface area contributed by atoms with Gasteiger partial charge in [0.1, 0.15) is 5.82 Å². The highest BCUT2D eigenvalue weighted by molar-refractivity contribution is 5.19. The van der Waals surface area contributed by atoms with E-state index in [9.17, 15) is 4.39 Å². The summed E-state index contributed by atoms with van der Waals surface area (Å²) in [6.45, 7) is 5.76. The minimum absolute atomic E-state index is 0.162. The van der Waals surface area contributed by atoms with Crippen molar-refractivity contribution in [1.29, 1.82) is 0 Å². The van der Waals surface area contributed by atoms with Crippen LogP contribution >= 0.6 is 0 Å². The zero-order chi connectivity index (χ0) is 12.0. The summed E-state index contributed by atoms with van der Waals surface area (Å²) < 4.78 is 18.1. The van der Waals surface area contributed by atoms with Gasteiger partial charge in [-0.05, 0) is 30.5 Å². The first kappa shape index (κ1) is 13.1. The van der Waals surface area contributed by atoms with Gasteiger partial charge in [-0.15, -0.1) is 0 Å². The first-order chi connectivity index (χ1) is 7.63. The highest BCUT2D eigenvalue weighted by Crippen LogP contribution is 2.13. The van der Waals surface area contributed by atoms with Crippen LogP contribution in [0.1, 0.15) is 25.5 Å². The molecule has 0 saturated carbocycles. The molecule has 90 valence electrons. The molecule has 0 aliphatic carbocycles. The fourth-order valence-electron chi connectivity index (χ4n) is 1.62. The molecule has 0 bridgehead atoms. The summed E-state index contributed by atoms with van der Waals surface area (Å²) in [6.07, 6.45) is 0. The molecular formula is C13H20FNO. The van der Waals surface area contributed by atoms with Gasteiger partial charge in [0.15, 0.2) is 0 Å². The third kappa shape index (κ3) is 4.29. The Morgan fingerprint density at radius 1 is 1.38 bits per heavy atom. The van der Waals surface area contributed by atoms with Gasteiger partial charge in [-0.3, -0.25) is 0 Å². The molecule has 2 atom stereocenters. The first-order valence-corrected chi connectivity index (χ1v) is 5.61. The molecule has 1 aromatic rings. The van der Waals surface area contributed by atoms with Crippen LogP contribution in [0, 0.1) is 11.7 Å². The fraction of sp³-hybridized carbons (Fsp3) is 0.538. The lowest BCUT2D eigenvalue weighted by Crippen LogP contribution is -2.26. The van der Waals surface area contributed by atoms with Crippen molar-refractivity contribution in [3.63, 3.8) is 0 Å². The molecule has 0 spiro atoms. The second-order valence-corrected chi connectivity index (χ2v) is 4.25. The van der Waals surface area contributed by atoms with Crippen molar-refractivity contribution < 1.29 is 9.13 Å². The van der Waals surface area contributed by atoms with E-state index >= 15 is 0 Å². The molecule has 1 N–H and O–H groups in total. The summed E-state index contributed by atoms with van der Waals surface area (Å²) in [6, 6.07) is 6.86. The van der Waals surface area contributed by atoms with Crippen molar-refractivity contribution in [2.45, 2.75) is 19.9 Å². The number of methoxy groups -OCH3 is 1. The lowest BCUT2D eigenvalue weighted by atomic mass is 10.1. The molecule has 3 heteroatoms. The minimum Gasteiger partial charge on any atom is -0.384 e. The van der Waals surface area contributed by atoms with Crippen molar-refractivity contribution in [1.82, 2.24) is 5.32 Å². The van der Waals surface area contributed by atoms with Crippen LogP contribution in [0.5, 0.6) is 0 Å². The van der Waals surface area contributed by atoms with Crippen molar-refractivity contribution in [3.8, 4) is 0 Å². The monoisotopic (exact) mass is 225 g/mol. The molecule has 2 nitrogen and oxygen atoms in total. The average Bonchev–Trinajstić information content (AvgIpc) is 2.26. The highest BCUT2D eigenvalue weighted by atomic mass is 19.1. The number of nitrogens with one attached hydrogen (secondary N) is 1. The van der Waals surface area contributed by atoms with E-state index in [1.807, 2.05) is 13.0 Å². The second-order valence-electron chi connectivity index (χ2n) is 4.25. The standard InChI is InChI=1S/C13H20FNO/c1-10(9-16-3)8-15-11(2)12-5-4-6-13(14)7-12/h4-7,10-11,15H,8-9H2,1-3H3/t10?,11-/m1/s1. The molecule has 1 unspecified atom stereocenters. The smallest absolute Gasteiger partial charge is 0.123 e. The Bertz CT molecular complexity index is 317. The van der Waals surface area contributed by atoms with E-state index in [4.69, 9.17) is 4.74 Å². The van der Waals surface area contributed by atoms with Crippen LogP contribution in [-0.4, -0.2) is 20.3 Å². The number of halogens is 1. The molecule has 1 rings (SSSR count). The lowest BCUT2D eigenvalue weighted by molar-refractivity contribution is 0.157. The van der Waals surface area contributed by atoms with Crippen LogP contribution < -0.4 is 5.32 Å². The molecule has 0 heterocycles. The number of hydrogen-bond donors (Lipinski definition) is 1. The van der Waals surface area contributed by atoms with Crippen LogP contribution in [0.25, 0.3) is 0 Å². The summed E-state index contributed by atoms with van der Waals surface area (Å²) >= 11 is 0. The Balaban J connectivity index is 2.43. The minimum atomic E-state index is -0.184. The maximum Gasteiger partial charge on any atom is 0.123 e. The van der Waals surface area contributed by atoms with Crippen LogP contribution in [0.4, 0.5) is 4.39 Å². The third-order valence-corrected chi connectivity index (χ3v) is 2.57. The fourth-order valence-corrected chi connectivity index (χ4v) is 1.62. The number of benzene rings is 1. The predicted molar refractivity (Wildman–Crippen MR) is 63.9 cm³/mol. The third-order valence-electron chi connectivity index (χ3n) is 2.57. The van der Waals surface area contributed by atoms with E-state index in [1.165, 1.54) is 6.07 Å². The van der Waals surface area contributed by atoms with Gasteiger partial charge < -0.3 is 10.1 Å². The molecule has 0 radical (unpaired) electrons. The summed E-state index contributed by atoms with van der Waals surface area (Å²) in [4.78, 5) is 0. The molecular weight excluding hydrogens is 205 g/mol. The van der Waals surface area contributed by atoms with Gasteiger partial charge in [0.05, 0.1) is 0 Å². The van der Waals surface area contributed by atoms with E-state index in [2.05, 4.69) is 12.2 Å². The number of ether oxygens (including phenoxy) is 1. The molecule has 0 fully saturated rings. The predicted octanol–water partition coefficient (Wildman–Crippen LogP) is 2.76. The SMILES string of the molecule is COCC(C)CN[C@H](C)c1cccc(F)c1. The van der Waals surface area contributed by atoms with Crippen molar-refractivity contribution >= 4 is 0 Å². The van der Waals surface area contributed by atoms with Gasteiger partial charge in [0.25, 0.3) is 0 Å². The van der Waals surface area contributed by atoms with Crippen LogP contribution in [0.15, 0.2) is 24.3 Å². The maximum absolute atomic E-state index is 13.0. The average molecular weight is 225 g/mol. The van der Waals surface area contributed by atoms with E-state index in [0.717, 1.165) is 18.7 Å². The van der Waals surface area contributed by atoms with E-state index < -0.39 is 0 Å². The normalized spacial score (nSPS) is 14.8. The Hall–Kier alpha value is -0.930. The quantitative estimate of drug-likeness (QED) is 0.803. The Morgan fingerprint density at radius 2 is 2.12 bits per heavy atom. The van der Waals surface area contributed by atoms with Crippen LogP contribution in [0.3, 0.4) is 0 Å². The van der Waals surface area contributed by atoms with Gasteiger partial charge in [-0.1, -0.05) is 19.1 Å². The highest BCUT2D eigenvalue weighted by Gasteiger charge is 2.07. The molecule has 1 aromatic carbocycles. The zero-order valence-electron chi connectivity index (χ0n) is 10.2. The van der Waals surface area contributed by atoms with Crippen LogP contribution in [-0.2, 0) is 4.74 Å². The van der Waals surface area contributed by atoms with E-state index in [1.54, 1.807) is 19.2 Å². The largest absolute Gasteiger partial charge is 0.384 e. The van der Waals surface area contributed by atoms with Gasteiger partial charge in [-0.2, -0.15) is 0 Å². The van der Waals surface area contributed by atoms with Gasteiger partial charge in [0, 0.05) is 26.3 Å². The number of rotatable bonds is 6. The van der Waals surface area contributed by atoms with Crippen molar-refractivity contribution in [2.24, 2.45) is 5.92 Å². The summed E-state index contributed by atoms with van der Waals surface area (Å²) in [5.41, 5.74) is 0.976. The number of hydrogen-bond acceptors (Lipinski definition) is 2. The Morgan fingerprint density at radius 3 is 2.75 bits per heavy atom. The Labute approximate surface area is 96.8 Å². The van der Waals surface area contributed by atoms with Crippen molar-refractivity contribution in [3.05, 3.63) is 35.6 Å². The van der Waals surface area contributed by atoms with Gasteiger partial charge >= 0.3 is 0 Å². The molecule has 0 aliphatic rings. The lowest BCUT2D eigenvalue weighted by Gasteiger charge is -2.17. The van der Waals surface area contributed by atoms with E-state index in [-0.39, 0.29) is 11.9 Å². The van der Waals surface area contributed by atoms with Crippen LogP contribution in [0.2, 0.25) is 0 Å². The Kier molecular flexibility index (Phi) is 5.43. The molecule has 0 saturated heterocycles. The zero-order valence-corrected chi connectivity index (χ0v) is 10.2. The molecule has 0 aliphatic heterocycles. The van der Waals surface area contributed by atoms with E-state index in [0.29, 0.717) is 5.92 Å². The van der Waals surface area contributed by atoms with Gasteiger partial charge in [0.2, 0.25) is 0 Å². The van der Waals surface area contributed by atoms with Gasteiger partial charge in [-0.25, -0.2) is 4.39 Å². The van der Waals surface area contributed by atoms with Crippen molar-refractivity contribution in [2.75, 3.05) is 20.3 Å². The molecule has 16 heavy (non-hydrogen) atoms. The maximum atomic E-state index is 13.0. The summed E-state index contributed by atoms with van der Waals surface area (Å²) in [7, 11) is 1.70. The summed E-state index contributed by atoms with van der Waals surface area (Å²) in [5, 5.41) is 3.36. The second kappa shape index (κ2) is 6.61. The summed E-state index contributed by atoms with van der Waals surface area (Å²) in [5.74, 6) is 0.275.